The van der Waals surface area contributed by atoms with E-state index in [1.165, 1.54) is 0 Å². The molecule has 110 valence electrons. The van der Waals surface area contributed by atoms with E-state index in [2.05, 4.69) is 0 Å². The number of carbonyl (C=O) groups excluding carboxylic acids is 1. The first-order chi connectivity index (χ1) is 9.20. The van der Waals surface area contributed by atoms with Crippen LogP contribution in [0.25, 0.3) is 0 Å². The van der Waals surface area contributed by atoms with Crippen LogP contribution in [0.4, 0.5) is 13.2 Å². The third-order valence-corrected chi connectivity index (χ3v) is 2.64. The Kier molecular flexibility index (Phi) is 5.12. The summed E-state index contributed by atoms with van der Waals surface area (Å²) >= 11 is 0. The minimum absolute atomic E-state index is 0.281. The number of benzene rings is 1. The van der Waals surface area contributed by atoms with Gasteiger partial charge in [0.1, 0.15) is 12.5 Å². The van der Waals surface area contributed by atoms with E-state index in [4.69, 9.17) is 5.11 Å². The summed E-state index contributed by atoms with van der Waals surface area (Å²) in [6, 6.07) is 8.10. The Morgan fingerprint density at radius 2 is 1.80 bits per heavy atom. The van der Waals surface area contributed by atoms with Crippen LogP contribution >= 0.6 is 0 Å². The van der Waals surface area contributed by atoms with Crippen LogP contribution in [0.5, 0.6) is 0 Å². The number of rotatable bonds is 5. The predicted molar refractivity (Wildman–Crippen MR) is 64.7 cm³/mol. The van der Waals surface area contributed by atoms with E-state index in [-0.39, 0.29) is 6.54 Å². The molecule has 0 aromatic heterocycles. The number of alkyl halides is 3. The Labute approximate surface area is 113 Å². The molecule has 0 fully saturated rings. The average Bonchev–Trinajstić information content (AvgIpc) is 2.35. The van der Waals surface area contributed by atoms with Crippen molar-refractivity contribution in [3.63, 3.8) is 0 Å². The fourth-order valence-electron chi connectivity index (χ4n) is 1.61. The van der Waals surface area contributed by atoms with E-state index in [1.807, 2.05) is 0 Å². The van der Waals surface area contributed by atoms with Crippen LogP contribution in [0.3, 0.4) is 0 Å². The van der Waals surface area contributed by atoms with Gasteiger partial charge in [0, 0.05) is 6.54 Å². The standard InChI is InChI=1S/C13H14F3NO3/c1-9(12(19)20)11(18)17(8-13(14,15)16)7-10-5-3-2-4-6-10/h2-6,9H,7-8H2,1H3,(H,19,20). The highest BCUT2D eigenvalue weighted by atomic mass is 19.4. The highest BCUT2D eigenvalue weighted by molar-refractivity contribution is 5.96. The minimum Gasteiger partial charge on any atom is -0.481 e. The zero-order chi connectivity index (χ0) is 15.3. The number of carbonyl (C=O) groups is 2. The molecule has 20 heavy (non-hydrogen) atoms. The summed E-state index contributed by atoms with van der Waals surface area (Å²) in [5, 5.41) is 8.74. The van der Waals surface area contributed by atoms with Gasteiger partial charge in [-0.2, -0.15) is 13.2 Å². The molecule has 0 aliphatic rings. The van der Waals surface area contributed by atoms with Crippen molar-refractivity contribution >= 4 is 11.9 Å². The van der Waals surface area contributed by atoms with Crippen molar-refractivity contribution in [1.82, 2.24) is 4.90 Å². The van der Waals surface area contributed by atoms with Gasteiger partial charge in [0.05, 0.1) is 0 Å². The SMILES string of the molecule is CC(C(=O)O)C(=O)N(Cc1ccccc1)CC(F)(F)F. The minimum atomic E-state index is -4.58. The van der Waals surface area contributed by atoms with Crippen LogP contribution in [-0.2, 0) is 16.1 Å². The van der Waals surface area contributed by atoms with Gasteiger partial charge in [-0.3, -0.25) is 9.59 Å². The third kappa shape index (κ3) is 4.91. The smallest absolute Gasteiger partial charge is 0.406 e. The number of aliphatic carboxylic acids is 1. The van der Waals surface area contributed by atoms with Crippen molar-refractivity contribution in [1.29, 1.82) is 0 Å². The lowest BCUT2D eigenvalue weighted by Crippen LogP contribution is -2.43. The molecule has 1 unspecified atom stereocenters. The summed E-state index contributed by atoms with van der Waals surface area (Å²) in [6.07, 6.45) is -4.58. The molecule has 1 amide bonds. The van der Waals surface area contributed by atoms with Crippen LogP contribution in [-0.4, -0.2) is 34.6 Å². The monoisotopic (exact) mass is 289 g/mol. The molecule has 1 aromatic carbocycles. The number of halogens is 3. The molecule has 0 saturated carbocycles. The summed E-state index contributed by atoms with van der Waals surface area (Å²) in [4.78, 5) is 23.1. The lowest BCUT2D eigenvalue weighted by atomic mass is 10.1. The molecule has 0 radical (unpaired) electrons. The molecule has 1 N–H and O–H groups in total. The molecule has 1 aromatic rings. The topological polar surface area (TPSA) is 57.6 Å². The number of carboxylic acids is 1. The molecule has 1 atom stereocenters. The lowest BCUT2D eigenvalue weighted by Gasteiger charge is -2.25. The summed E-state index contributed by atoms with van der Waals surface area (Å²) in [5.74, 6) is -4.02. The summed E-state index contributed by atoms with van der Waals surface area (Å²) in [7, 11) is 0. The van der Waals surface area contributed by atoms with E-state index < -0.39 is 30.5 Å². The molecular formula is C13H14F3NO3. The Morgan fingerprint density at radius 3 is 2.25 bits per heavy atom. The fourth-order valence-corrected chi connectivity index (χ4v) is 1.61. The van der Waals surface area contributed by atoms with E-state index >= 15 is 0 Å². The van der Waals surface area contributed by atoms with E-state index in [1.54, 1.807) is 30.3 Å². The van der Waals surface area contributed by atoms with Crippen LogP contribution in [0.1, 0.15) is 12.5 Å². The van der Waals surface area contributed by atoms with Crippen molar-refractivity contribution < 1.29 is 27.9 Å². The zero-order valence-electron chi connectivity index (χ0n) is 10.7. The molecule has 0 heterocycles. The summed E-state index contributed by atoms with van der Waals surface area (Å²) in [6.45, 7) is -0.686. The molecule has 0 aliphatic heterocycles. The van der Waals surface area contributed by atoms with Gasteiger partial charge >= 0.3 is 12.1 Å². The second-order valence-corrected chi connectivity index (χ2v) is 4.36. The first kappa shape index (κ1) is 16.0. The lowest BCUT2D eigenvalue weighted by molar-refractivity contribution is -0.168. The van der Waals surface area contributed by atoms with Crippen molar-refractivity contribution in [3.05, 3.63) is 35.9 Å². The Hall–Kier alpha value is -2.05. The average molecular weight is 289 g/mol. The Bertz CT molecular complexity index is 473. The maximum atomic E-state index is 12.5. The van der Waals surface area contributed by atoms with E-state index in [0.717, 1.165) is 6.92 Å². The first-order valence-electron chi connectivity index (χ1n) is 5.83. The highest BCUT2D eigenvalue weighted by Gasteiger charge is 2.36. The molecule has 1 rings (SSSR count). The summed E-state index contributed by atoms with van der Waals surface area (Å²) in [5.41, 5.74) is 0.502. The molecular weight excluding hydrogens is 275 g/mol. The second kappa shape index (κ2) is 6.40. The molecule has 0 bridgehead atoms. The van der Waals surface area contributed by atoms with Gasteiger partial charge in [0.2, 0.25) is 5.91 Å². The molecule has 0 aliphatic carbocycles. The van der Waals surface area contributed by atoms with E-state index in [0.29, 0.717) is 10.5 Å². The van der Waals surface area contributed by atoms with E-state index in [9.17, 15) is 22.8 Å². The van der Waals surface area contributed by atoms with Gasteiger partial charge in [-0.15, -0.1) is 0 Å². The largest absolute Gasteiger partial charge is 0.481 e. The van der Waals surface area contributed by atoms with Gasteiger partial charge < -0.3 is 10.0 Å². The van der Waals surface area contributed by atoms with Crippen molar-refractivity contribution in [2.75, 3.05) is 6.54 Å². The second-order valence-electron chi connectivity index (χ2n) is 4.36. The third-order valence-electron chi connectivity index (χ3n) is 2.64. The van der Waals surface area contributed by atoms with Crippen molar-refractivity contribution in [2.24, 2.45) is 5.92 Å². The quantitative estimate of drug-likeness (QED) is 0.846. The van der Waals surface area contributed by atoms with Crippen molar-refractivity contribution in [3.8, 4) is 0 Å². The van der Waals surface area contributed by atoms with Crippen molar-refractivity contribution in [2.45, 2.75) is 19.6 Å². The van der Waals surface area contributed by atoms with Crippen LogP contribution < -0.4 is 0 Å². The van der Waals surface area contributed by atoms with Crippen LogP contribution in [0, 0.1) is 5.92 Å². The van der Waals surface area contributed by atoms with Gasteiger partial charge in [0.25, 0.3) is 0 Å². The van der Waals surface area contributed by atoms with Gasteiger partial charge in [-0.05, 0) is 12.5 Å². The predicted octanol–water partition coefficient (Wildman–Crippen LogP) is 2.30. The maximum Gasteiger partial charge on any atom is 0.406 e. The Morgan fingerprint density at radius 1 is 1.25 bits per heavy atom. The zero-order valence-corrected chi connectivity index (χ0v) is 10.7. The molecule has 0 saturated heterocycles. The van der Waals surface area contributed by atoms with Gasteiger partial charge in [-0.1, -0.05) is 30.3 Å². The van der Waals surface area contributed by atoms with Gasteiger partial charge in [-0.25, -0.2) is 0 Å². The fraction of sp³-hybridized carbons (Fsp3) is 0.385. The number of hydrogen-bond donors (Lipinski definition) is 1. The molecule has 7 heteroatoms. The maximum absolute atomic E-state index is 12.5. The Balaban J connectivity index is 2.91. The normalized spacial score (nSPS) is 12.8. The summed E-state index contributed by atoms with van der Waals surface area (Å²) < 4.78 is 37.5. The number of amides is 1. The number of carboxylic acid groups (broad SMARTS) is 1. The molecule has 4 nitrogen and oxygen atoms in total. The number of hydrogen-bond acceptors (Lipinski definition) is 2. The first-order valence-corrected chi connectivity index (χ1v) is 5.83. The van der Waals surface area contributed by atoms with Crippen LogP contribution in [0.2, 0.25) is 0 Å². The molecule has 0 spiro atoms. The number of nitrogens with zero attached hydrogens (tertiary/aromatic N) is 1. The van der Waals surface area contributed by atoms with Gasteiger partial charge in [0.15, 0.2) is 0 Å². The highest BCUT2D eigenvalue weighted by Crippen LogP contribution is 2.20. The van der Waals surface area contributed by atoms with Crippen LogP contribution in [0.15, 0.2) is 30.3 Å².